The van der Waals surface area contributed by atoms with Gasteiger partial charge in [-0.3, -0.25) is 4.79 Å². The van der Waals surface area contributed by atoms with Gasteiger partial charge in [-0.15, -0.1) is 12.4 Å². The number of rotatable bonds is 4. The summed E-state index contributed by atoms with van der Waals surface area (Å²) in [6.07, 6.45) is 2.27. The summed E-state index contributed by atoms with van der Waals surface area (Å²) in [7, 11) is 0. The number of nitrogens with zero attached hydrogens (tertiary/aromatic N) is 3. The predicted octanol–water partition coefficient (Wildman–Crippen LogP) is 3.60. The van der Waals surface area contributed by atoms with E-state index in [1.165, 1.54) is 5.56 Å². The largest absolute Gasteiger partial charge is 0.336 e. The topological polar surface area (TPSA) is 85.2 Å². The molecular formula is C22H23ClN4O2. The van der Waals surface area contributed by atoms with E-state index in [-0.39, 0.29) is 30.3 Å². The van der Waals surface area contributed by atoms with Crippen molar-refractivity contribution in [2.24, 2.45) is 5.73 Å². The van der Waals surface area contributed by atoms with Crippen LogP contribution >= 0.6 is 12.4 Å². The standard InChI is InChI=1S/C22H22N4O2.ClH/c23-19-13-26(12-18(19)14-4-2-1-3-5-14)22(27)17-10-8-16(9-11-17)21-24-20(25-28-21)15-6-7-15;/h1-5,8-11,15,18-19H,6-7,12-13,23H2;1H/t18-,19+;/m0./s1. The second kappa shape index (κ2) is 7.97. The zero-order valence-corrected chi connectivity index (χ0v) is 16.7. The third kappa shape index (κ3) is 3.91. The number of benzene rings is 2. The van der Waals surface area contributed by atoms with E-state index in [9.17, 15) is 4.79 Å². The first-order valence-electron chi connectivity index (χ1n) is 9.73. The van der Waals surface area contributed by atoms with Gasteiger partial charge in [-0.1, -0.05) is 35.5 Å². The molecule has 150 valence electrons. The summed E-state index contributed by atoms with van der Waals surface area (Å²) in [6.45, 7) is 1.20. The Morgan fingerprint density at radius 1 is 1.03 bits per heavy atom. The molecular weight excluding hydrogens is 388 g/mol. The summed E-state index contributed by atoms with van der Waals surface area (Å²) < 4.78 is 5.36. The summed E-state index contributed by atoms with van der Waals surface area (Å²) in [5.41, 5.74) is 8.99. The molecule has 6 nitrogen and oxygen atoms in total. The average molecular weight is 411 g/mol. The molecule has 5 rings (SSSR count). The Morgan fingerprint density at radius 3 is 2.45 bits per heavy atom. The highest BCUT2D eigenvalue weighted by Crippen LogP contribution is 2.38. The van der Waals surface area contributed by atoms with E-state index < -0.39 is 0 Å². The molecule has 2 atom stereocenters. The molecule has 1 saturated heterocycles. The molecule has 0 radical (unpaired) electrons. The zero-order chi connectivity index (χ0) is 19.1. The van der Waals surface area contributed by atoms with Crippen LogP contribution < -0.4 is 5.73 Å². The maximum absolute atomic E-state index is 12.9. The fraction of sp³-hybridized carbons (Fsp3) is 0.318. The van der Waals surface area contributed by atoms with Crippen LogP contribution in [-0.4, -0.2) is 40.1 Å². The number of nitrogens with two attached hydrogens (primary N) is 1. The number of hydrogen-bond acceptors (Lipinski definition) is 5. The van der Waals surface area contributed by atoms with E-state index in [4.69, 9.17) is 10.3 Å². The van der Waals surface area contributed by atoms with E-state index >= 15 is 0 Å². The van der Waals surface area contributed by atoms with E-state index in [0.717, 1.165) is 24.2 Å². The van der Waals surface area contributed by atoms with Crippen LogP contribution in [0.5, 0.6) is 0 Å². The van der Waals surface area contributed by atoms with Gasteiger partial charge in [0.25, 0.3) is 11.8 Å². The molecule has 2 N–H and O–H groups in total. The molecule has 29 heavy (non-hydrogen) atoms. The lowest BCUT2D eigenvalue weighted by atomic mass is 9.95. The number of aromatic nitrogens is 2. The van der Waals surface area contributed by atoms with Crippen LogP contribution in [0.25, 0.3) is 11.5 Å². The smallest absolute Gasteiger partial charge is 0.257 e. The Kier molecular flexibility index (Phi) is 5.39. The molecule has 1 aliphatic heterocycles. The van der Waals surface area contributed by atoms with Gasteiger partial charge < -0.3 is 15.2 Å². The minimum atomic E-state index is -0.0511. The van der Waals surface area contributed by atoms with Crippen molar-refractivity contribution in [2.45, 2.75) is 30.7 Å². The van der Waals surface area contributed by atoms with Crippen molar-refractivity contribution in [1.29, 1.82) is 0 Å². The first-order valence-corrected chi connectivity index (χ1v) is 9.73. The SMILES string of the molecule is Cl.N[C@@H]1CN(C(=O)c2ccc(-c3nc(C4CC4)no3)cc2)C[C@H]1c1ccccc1. The number of hydrogen-bond donors (Lipinski definition) is 1. The number of carbonyl (C=O) groups is 1. The Balaban J connectivity index is 0.00000205. The first-order chi connectivity index (χ1) is 13.7. The van der Waals surface area contributed by atoms with Crippen molar-refractivity contribution >= 4 is 18.3 Å². The summed E-state index contributed by atoms with van der Waals surface area (Å²) in [5.74, 6) is 1.92. The number of halogens is 1. The lowest BCUT2D eigenvalue weighted by molar-refractivity contribution is 0.0789. The summed E-state index contributed by atoms with van der Waals surface area (Å²) in [4.78, 5) is 19.2. The first kappa shape index (κ1) is 19.6. The molecule has 0 bridgehead atoms. The summed E-state index contributed by atoms with van der Waals surface area (Å²) in [5, 5.41) is 4.05. The zero-order valence-electron chi connectivity index (χ0n) is 15.9. The fourth-order valence-corrected chi connectivity index (χ4v) is 3.85. The molecule has 7 heteroatoms. The normalized spacial score (nSPS) is 21.1. The Hall–Kier alpha value is -2.70. The minimum absolute atomic E-state index is 0. The molecule has 2 aromatic carbocycles. The second-order valence-corrected chi connectivity index (χ2v) is 7.70. The lowest BCUT2D eigenvalue weighted by Gasteiger charge is -2.16. The summed E-state index contributed by atoms with van der Waals surface area (Å²) in [6, 6.07) is 17.5. The highest BCUT2D eigenvalue weighted by Gasteiger charge is 2.34. The van der Waals surface area contributed by atoms with Crippen molar-refractivity contribution in [1.82, 2.24) is 15.0 Å². The fourth-order valence-electron chi connectivity index (χ4n) is 3.85. The van der Waals surface area contributed by atoms with E-state index in [1.54, 1.807) is 0 Å². The molecule has 1 aliphatic carbocycles. The van der Waals surface area contributed by atoms with Gasteiger partial charge in [-0.05, 0) is 42.7 Å². The van der Waals surface area contributed by atoms with Crippen molar-refractivity contribution in [3.05, 3.63) is 71.5 Å². The molecule has 2 aliphatic rings. The Labute approximate surface area is 175 Å². The maximum Gasteiger partial charge on any atom is 0.257 e. The molecule has 2 fully saturated rings. The van der Waals surface area contributed by atoms with Crippen LogP contribution in [0.2, 0.25) is 0 Å². The lowest BCUT2D eigenvalue weighted by Crippen LogP contribution is -2.32. The Bertz CT molecular complexity index is 986. The highest BCUT2D eigenvalue weighted by atomic mass is 35.5. The molecule has 1 saturated carbocycles. The van der Waals surface area contributed by atoms with Gasteiger partial charge in [-0.2, -0.15) is 4.98 Å². The molecule has 1 amide bonds. The van der Waals surface area contributed by atoms with Gasteiger partial charge in [0.05, 0.1) is 0 Å². The monoisotopic (exact) mass is 410 g/mol. The van der Waals surface area contributed by atoms with Crippen molar-refractivity contribution in [3.8, 4) is 11.5 Å². The van der Waals surface area contributed by atoms with Gasteiger partial charge in [0.1, 0.15) is 0 Å². The second-order valence-electron chi connectivity index (χ2n) is 7.70. The molecule has 2 heterocycles. The van der Waals surface area contributed by atoms with Crippen molar-refractivity contribution in [3.63, 3.8) is 0 Å². The van der Waals surface area contributed by atoms with E-state index in [1.807, 2.05) is 47.4 Å². The van der Waals surface area contributed by atoms with Crippen LogP contribution in [0.1, 0.15) is 46.4 Å². The van der Waals surface area contributed by atoms with Crippen LogP contribution in [0.3, 0.4) is 0 Å². The minimum Gasteiger partial charge on any atom is -0.336 e. The maximum atomic E-state index is 12.9. The number of amides is 1. The average Bonchev–Trinajstić information content (AvgIpc) is 3.34. The number of carbonyl (C=O) groups excluding carboxylic acids is 1. The van der Waals surface area contributed by atoms with Gasteiger partial charge in [0.2, 0.25) is 0 Å². The third-order valence-electron chi connectivity index (χ3n) is 5.64. The summed E-state index contributed by atoms with van der Waals surface area (Å²) >= 11 is 0. The van der Waals surface area contributed by atoms with Crippen molar-refractivity contribution < 1.29 is 9.32 Å². The van der Waals surface area contributed by atoms with Crippen molar-refractivity contribution in [2.75, 3.05) is 13.1 Å². The van der Waals surface area contributed by atoms with Crippen LogP contribution in [0.4, 0.5) is 0 Å². The quantitative estimate of drug-likeness (QED) is 0.710. The molecule has 3 aromatic rings. The predicted molar refractivity (Wildman–Crippen MR) is 112 cm³/mol. The van der Waals surface area contributed by atoms with E-state index in [2.05, 4.69) is 22.3 Å². The highest BCUT2D eigenvalue weighted by molar-refractivity contribution is 5.95. The van der Waals surface area contributed by atoms with Gasteiger partial charge in [0.15, 0.2) is 5.82 Å². The third-order valence-corrected chi connectivity index (χ3v) is 5.64. The molecule has 1 aromatic heterocycles. The number of likely N-dealkylation sites (tertiary alicyclic amines) is 1. The van der Waals surface area contributed by atoms with Gasteiger partial charge >= 0.3 is 0 Å². The van der Waals surface area contributed by atoms with E-state index in [0.29, 0.717) is 30.5 Å². The van der Waals surface area contributed by atoms with Gasteiger partial charge in [0, 0.05) is 42.1 Å². The van der Waals surface area contributed by atoms with Crippen LogP contribution in [0.15, 0.2) is 59.1 Å². The van der Waals surface area contributed by atoms with Crippen LogP contribution in [0, 0.1) is 0 Å². The van der Waals surface area contributed by atoms with Crippen LogP contribution in [-0.2, 0) is 0 Å². The van der Waals surface area contributed by atoms with Gasteiger partial charge in [-0.25, -0.2) is 0 Å². The molecule has 0 spiro atoms. The Morgan fingerprint density at radius 2 is 1.76 bits per heavy atom. The molecule has 0 unspecified atom stereocenters.